The molecular formula is C17H18BN5. The molecule has 2 aromatic heterocycles. The van der Waals surface area contributed by atoms with Gasteiger partial charge in [-0.15, -0.1) is 10.2 Å². The van der Waals surface area contributed by atoms with E-state index in [1.165, 1.54) is 5.69 Å². The molecule has 1 aliphatic heterocycles. The second kappa shape index (κ2) is 5.70. The molecule has 0 atom stereocenters. The van der Waals surface area contributed by atoms with Crippen LogP contribution in [0.3, 0.4) is 0 Å². The average molecular weight is 303 g/mol. The molecule has 0 N–H and O–H groups in total. The number of likely N-dealkylation sites (N-methyl/N-ethyl adjacent to an activating group) is 1. The Bertz CT molecular complexity index is 819. The highest BCUT2D eigenvalue weighted by Gasteiger charge is 2.15. The van der Waals surface area contributed by atoms with Gasteiger partial charge < -0.3 is 9.80 Å². The number of anilines is 1. The minimum absolute atomic E-state index is 0.701. The molecule has 0 unspecified atom stereocenters. The standard InChI is InChI=1S/C17H18BN5/c1-21-8-10-22(11-9-21)15-5-2-13(3-6-15)17-20-19-16-7-4-14(18)12-23(16)17/h2-7,12H,8-11H2,1H3. The van der Waals surface area contributed by atoms with E-state index in [1.807, 2.05) is 22.7 Å². The van der Waals surface area contributed by atoms with Crippen LogP contribution in [0.15, 0.2) is 42.6 Å². The molecule has 0 saturated carbocycles. The molecular weight excluding hydrogens is 285 g/mol. The molecule has 0 spiro atoms. The van der Waals surface area contributed by atoms with Crippen LogP contribution in [0.5, 0.6) is 0 Å². The van der Waals surface area contributed by atoms with Crippen molar-refractivity contribution in [3.63, 3.8) is 0 Å². The summed E-state index contributed by atoms with van der Waals surface area (Å²) in [6.07, 6.45) is 1.86. The number of nitrogens with zero attached hydrogens (tertiary/aromatic N) is 5. The van der Waals surface area contributed by atoms with Gasteiger partial charge in [0.25, 0.3) is 0 Å². The Morgan fingerprint density at radius 2 is 1.65 bits per heavy atom. The average Bonchev–Trinajstić information content (AvgIpc) is 2.99. The van der Waals surface area contributed by atoms with E-state index in [-0.39, 0.29) is 0 Å². The van der Waals surface area contributed by atoms with Crippen molar-refractivity contribution < 1.29 is 0 Å². The molecule has 2 radical (unpaired) electrons. The molecule has 3 heterocycles. The van der Waals surface area contributed by atoms with Crippen LogP contribution in [0.4, 0.5) is 5.69 Å². The van der Waals surface area contributed by atoms with Gasteiger partial charge >= 0.3 is 0 Å². The van der Waals surface area contributed by atoms with Gasteiger partial charge in [-0.05, 0) is 37.4 Å². The first kappa shape index (κ1) is 14.3. The number of pyridine rings is 1. The van der Waals surface area contributed by atoms with Gasteiger partial charge in [-0.3, -0.25) is 4.40 Å². The third kappa shape index (κ3) is 2.70. The van der Waals surface area contributed by atoms with Gasteiger partial charge in [0.15, 0.2) is 11.5 Å². The molecule has 4 rings (SSSR count). The van der Waals surface area contributed by atoms with Crippen LogP contribution in [0, 0.1) is 0 Å². The number of rotatable bonds is 2. The number of piperazine rings is 1. The van der Waals surface area contributed by atoms with E-state index in [1.54, 1.807) is 0 Å². The number of benzene rings is 1. The molecule has 0 amide bonds. The number of aromatic nitrogens is 3. The molecule has 114 valence electrons. The fraction of sp³-hybridized carbons (Fsp3) is 0.294. The van der Waals surface area contributed by atoms with E-state index >= 15 is 0 Å². The van der Waals surface area contributed by atoms with Gasteiger partial charge in [-0.25, -0.2) is 0 Å². The molecule has 0 aliphatic carbocycles. The summed E-state index contributed by atoms with van der Waals surface area (Å²) in [5.74, 6) is 0.817. The lowest BCUT2D eigenvalue weighted by molar-refractivity contribution is 0.313. The molecule has 0 bridgehead atoms. The summed E-state index contributed by atoms with van der Waals surface area (Å²) in [6, 6.07) is 12.2. The highest BCUT2D eigenvalue weighted by Crippen LogP contribution is 2.23. The number of hydrogen-bond acceptors (Lipinski definition) is 4. The molecule has 5 nitrogen and oxygen atoms in total. The lowest BCUT2D eigenvalue weighted by Crippen LogP contribution is -2.44. The topological polar surface area (TPSA) is 36.7 Å². The Hall–Kier alpha value is -2.34. The second-order valence-electron chi connectivity index (χ2n) is 6.05. The predicted octanol–water partition coefficient (Wildman–Crippen LogP) is 0.942. The summed E-state index contributed by atoms with van der Waals surface area (Å²) in [5, 5.41) is 8.49. The minimum atomic E-state index is 0.701. The first-order valence-corrected chi connectivity index (χ1v) is 7.85. The number of fused-ring (bicyclic) bond motifs is 1. The lowest BCUT2D eigenvalue weighted by atomic mass is 9.99. The van der Waals surface area contributed by atoms with Crippen molar-refractivity contribution in [1.82, 2.24) is 19.5 Å². The largest absolute Gasteiger partial charge is 0.369 e. The van der Waals surface area contributed by atoms with Crippen LogP contribution in [0.1, 0.15) is 0 Å². The predicted molar refractivity (Wildman–Crippen MR) is 93.5 cm³/mol. The smallest absolute Gasteiger partial charge is 0.168 e. The van der Waals surface area contributed by atoms with Crippen LogP contribution >= 0.6 is 0 Å². The summed E-state index contributed by atoms with van der Waals surface area (Å²) in [6.45, 7) is 4.35. The van der Waals surface area contributed by atoms with Crippen LogP contribution < -0.4 is 10.4 Å². The molecule has 1 saturated heterocycles. The Morgan fingerprint density at radius 1 is 0.913 bits per heavy atom. The Balaban J connectivity index is 1.63. The third-order valence-corrected chi connectivity index (χ3v) is 4.42. The molecule has 23 heavy (non-hydrogen) atoms. The van der Waals surface area contributed by atoms with Gasteiger partial charge in [0.1, 0.15) is 7.85 Å². The summed E-state index contributed by atoms with van der Waals surface area (Å²) >= 11 is 0. The monoisotopic (exact) mass is 303 g/mol. The van der Waals surface area contributed by atoms with Gasteiger partial charge in [0.2, 0.25) is 0 Å². The summed E-state index contributed by atoms with van der Waals surface area (Å²) < 4.78 is 1.93. The second-order valence-corrected chi connectivity index (χ2v) is 6.05. The summed E-state index contributed by atoms with van der Waals surface area (Å²) in [4.78, 5) is 4.78. The normalized spacial score (nSPS) is 16.1. The third-order valence-electron chi connectivity index (χ3n) is 4.42. The van der Waals surface area contributed by atoms with Gasteiger partial charge in [0.05, 0.1) is 0 Å². The van der Waals surface area contributed by atoms with Crippen molar-refractivity contribution in [3.05, 3.63) is 42.6 Å². The maximum absolute atomic E-state index is 5.88. The summed E-state index contributed by atoms with van der Waals surface area (Å²) in [7, 11) is 8.05. The van der Waals surface area contributed by atoms with Gasteiger partial charge in [0, 0.05) is 43.6 Å². The zero-order chi connectivity index (χ0) is 15.8. The van der Waals surface area contributed by atoms with Crippen molar-refractivity contribution in [2.75, 3.05) is 38.1 Å². The van der Waals surface area contributed by atoms with Crippen LogP contribution in [-0.2, 0) is 0 Å². The van der Waals surface area contributed by atoms with Crippen molar-refractivity contribution in [1.29, 1.82) is 0 Å². The van der Waals surface area contributed by atoms with Gasteiger partial charge in [-0.2, -0.15) is 0 Å². The van der Waals surface area contributed by atoms with E-state index in [4.69, 9.17) is 7.85 Å². The van der Waals surface area contributed by atoms with E-state index < -0.39 is 0 Å². The van der Waals surface area contributed by atoms with E-state index in [9.17, 15) is 0 Å². The Kier molecular flexibility index (Phi) is 3.54. The lowest BCUT2D eigenvalue weighted by Gasteiger charge is -2.34. The number of hydrogen-bond donors (Lipinski definition) is 0. The van der Waals surface area contributed by atoms with E-state index in [2.05, 4.69) is 51.3 Å². The Morgan fingerprint density at radius 3 is 2.39 bits per heavy atom. The van der Waals surface area contributed by atoms with Crippen LogP contribution in [-0.4, -0.2) is 60.6 Å². The first-order chi connectivity index (χ1) is 11.2. The molecule has 3 aromatic rings. The molecule has 1 aliphatic rings. The van der Waals surface area contributed by atoms with E-state index in [0.717, 1.165) is 43.2 Å². The van der Waals surface area contributed by atoms with Crippen molar-refractivity contribution in [3.8, 4) is 11.4 Å². The highest BCUT2D eigenvalue weighted by molar-refractivity contribution is 6.32. The van der Waals surface area contributed by atoms with Gasteiger partial charge in [-0.1, -0.05) is 11.5 Å². The Labute approximate surface area is 137 Å². The maximum atomic E-state index is 5.88. The van der Waals surface area contributed by atoms with Crippen LogP contribution in [0.2, 0.25) is 0 Å². The molecule has 1 fully saturated rings. The van der Waals surface area contributed by atoms with Crippen molar-refractivity contribution >= 4 is 24.6 Å². The first-order valence-electron chi connectivity index (χ1n) is 7.85. The zero-order valence-corrected chi connectivity index (χ0v) is 13.2. The molecule has 6 heteroatoms. The highest BCUT2D eigenvalue weighted by atomic mass is 15.3. The van der Waals surface area contributed by atoms with Crippen molar-refractivity contribution in [2.24, 2.45) is 0 Å². The van der Waals surface area contributed by atoms with Crippen LogP contribution in [0.25, 0.3) is 17.0 Å². The minimum Gasteiger partial charge on any atom is -0.369 e. The quantitative estimate of drug-likeness (QED) is 0.660. The fourth-order valence-electron chi connectivity index (χ4n) is 2.99. The van der Waals surface area contributed by atoms with Crippen molar-refractivity contribution in [2.45, 2.75) is 0 Å². The maximum Gasteiger partial charge on any atom is 0.168 e. The molecule has 1 aromatic carbocycles. The summed E-state index contributed by atoms with van der Waals surface area (Å²) in [5.41, 5.74) is 3.81. The SMILES string of the molecule is [B]c1ccc2nnc(-c3ccc(N4CCN(C)CC4)cc3)n2c1. The fourth-order valence-corrected chi connectivity index (χ4v) is 2.99. The van der Waals surface area contributed by atoms with E-state index in [0.29, 0.717) is 5.46 Å². The zero-order valence-electron chi connectivity index (χ0n) is 13.2.